The summed E-state index contributed by atoms with van der Waals surface area (Å²) in [6.45, 7) is 8.03. The van der Waals surface area contributed by atoms with Crippen LogP contribution in [0.15, 0.2) is 16.9 Å². The first-order valence-corrected chi connectivity index (χ1v) is 4.68. The van der Waals surface area contributed by atoms with Gasteiger partial charge in [0.05, 0.1) is 11.2 Å². The molecule has 0 unspecified atom stereocenters. The summed E-state index contributed by atoms with van der Waals surface area (Å²) in [5.41, 5.74) is 0.0383. The van der Waals surface area contributed by atoms with E-state index >= 15 is 0 Å². The van der Waals surface area contributed by atoms with Crippen LogP contribution in [0.25, 0.3) is 0 Å². The van der Waals surface area contributed by atoms with Crippen molar-refractivity contribution in [3.05, 3.63) is 12.3 Å². The summed E-state index contributed by atoms with van der Waals surface area (Å²) in [6, 6.07) is 1.75. The molecule has 1 aliphatic rings. The summed E-state index contributed by atoms with van der Waals surface area (Å²) in [5.74, 6) is 0. The lowest BCUT2D eigenvalue weighted by Crippen LogP contribution is -2.41. The van der Waals surface area contributed by atoms with E-state index in [9.17, 15) is 0 Å². The third-order valence-corrected chi connectivity index (χ3v) is 2.95. The van der Waals surface area contributed by atoms with Crippen LogP contribution in [0.5, 0.6) is 0 Å². The Labute approximate surface area is 83.7 Å². The lowest BCUT2D eigenvalue weighted by Gasteiger charge is -2.32. The Balaban J connectivity index is 2.22. The molecule has 0 amide bonds. The van der Waals surface area contributed by atoms with E-state index in [1.807, 2.05) is 27.7 Å². The minimum absolute atomic E-state index is 0.323. The molecular weight excluding hydrogens is 181 g/mol. The van der Waals surface area contributed by atoms with Crippen LogP contribution in [0.4, 0.5) is 0 Å². The van der Waals surface area contributed by atoms with Crippen LogP contribution in [0.1, 0.15) is 27.7 Å². The quantitative estimate of drug-likeness (QED) is 0.626. The monoisotopic (exact) mass is 195 g/mol. The molecule has 1 aliphatic heterocycles. The summed E-state index contributed by atoms with van der Waals surface area (Å²) in [4.78, 5) is 0. The predicted octanol–water partition coefficient (Wildman–Crippen LogP) is 0.974. The average molecular weight is 195 g/mol. The van der Waals surface area contributed by atoms with Crippen LogP contribution >= 0.6 is 0 Å². The van der Waals surface area contributed by atoms with Gasteiger partial charge in [0.1, 0.15) is 11.9 Å². The second kappa shape index (κ2) is 2.84. The second-order valence-electron chi connectivity index (χ2n) is 4.51. The molecule has 0 spiro atoms. The molecule has 0 bridgehead atoms. The molecule has 14 heavy (non-hydrogen) atoms. The van der Waals surface area contributed by atoms with Crippen LogP contribution in [0.2, 0.25) is 0 Å². The molecule has 1 saturated heterocycles. The molecule has 76 valence electrons. The van der Waals surface area contributed by atoms with Crippen molar-refractivity contribution in [1.29, 1.82) is 0 Å². The number of aromatic nitrogens is 1. The van der Waals surface area contributed by atoms with E-state index in [1.54, 1.807) is 6.07 Å². The van der Waals surface area contributed by atoms with Crippen molar-refractivity contribution in [3.8, 4) is 0 Å². The Hall–Kier alpha value is -0.805. The summed E-state index contributed by atoms with van der Waals surface area (Å²) < 4.78 is 16.3. The van der Waals surface area contributed by atoms with Gasteiger partial charge in [0, 0.05) is 0 Å². The van der Waals surface area contributed by atoms with Gasteiger partial charge in [0.2, 0.25) is 0 Å². The van der Waals surface area contributed by atoms with E-state index in [0.717, 1.165) is 0 Å². The first-order valence-electron chi connectivity index (χ1n) is 4.68. The molecule has 1 aromatic heterocycles. The Kier molecular flexibility index (Phi) is 1.98. The van der Waals surface area contributed by atoms with Gasteiger partial charge in [-0.1, -0.05) is 5.16 Å². The van der Waals surface area contributed by atoms with Gasteiger partial charge < -0.3 is 13.8 Å². The predicted molar refractivity (Wildman–Crippen MR) is 52.2 cm³/mol. The molecule has 4 nitrogen and oxygen atoms in total. The first-order chi connectivity index (χ1) is 6.42. The molecule has 1 aromatic rings. The zero-order valence-corrected chi connectivity index (χ0v) is 8.90. The number of rotatable bonds is 1. The highest BCUT2D eigenvalue weighted by Gasteiger charge is 2.52. The Morgan fingerprint density at radius 2 is 1.71 bits per heavy atom. The molecular formula is C9H14BNO3. The van der Waals surface area contributed by atoms with Gasteiger partial charge in [-0.15, -0.1) is 0 Å². The standard InChI is InChI=1S/C9H14BNO3/c1-8(2)9(3,4)14-10(13-8)7-5-6-12-11-7/h5-6H,1-4H3. The van der Waals surface area contributed by atoms with E-state index < -0.39 is 7.12 Å². The highest BCUT2D eigenvalue weighted by Crippen LogP contribution is 2.36. The summed E-state index contributed by atoms with van der Waals surface area (Å²) in [7, 11) is -0.418. The Bertz CT molecular complexity index is 305. The van der Waals surface area contributed by atoms with E-state index in [4.69, 9.17) is 13.8 Å². The minimum atomic E-state index is -0.418. The van der Waals surface area contributed by atoms with Crippen molar-refractivity contribution in [2.24, 2.45) is 0 Å². The highest BCUT2D eigenvalue weighted by atomic mass is 16.7. The largest absolute Gasteiger partial charge is 0.518 e. The SMILES string of the molecule is CC1(C)OB(c2ccon2)OC1(C)C. The molecule has 2 heterocycles. The molecule has 0 saturated carbocycles. The summed E-state index contributed by atoms with van der Waals surface area (Å²) in [6.07, 6.45) is 1.51. The van der Waals surface area contributed by atoms with Gasteiger partial charge in [0.15, 0.2) is 0 Å². The van der Waals surface area contributed by atoms with Gasteiger partial charge in [0.25, 0.3) is 0 Å². The van der Waals surface area contributed by atoms with Crippen LogP contribution in [-0.4, -0.2) is 23.5 Å². The van der Waals surface area contributed by atoms with E-state index in [-0.39, 0.29) is 11.2 Å². The average Bonchev–Trinajstić information content (AvgIpc) is 2.58. The number of hydrogen-bond acceptors (Lipinski definition) is 4. The normalized spacial score (nSPS) is 24.1. The molecule has 0 radical (unpaired) electrons. The van der Waals surface area contributed by atoms with Crippen LogP contribution in [-0.2, 0) is 9.31 Å². The van der Waals surface area contributed by atoms with Crippen molar-refractivity contribution < 1.29 is 13.8 Å². The van der Waals surface area contributed by atoms with Crippen molar-refractivity contribution in [2.75, 3.05) is 0 Å². The lowest BCUT2D eigenvalue weighted by molar-refractivity contribution is 0.00578. The minimum Gasteiger partial charge on any atom is -0.398 e. The number of nitrogens with zero attached hydrogens (tertiary/aromatic N) is 1. The van der Waals surface area contributed by atoms with Crippen LogP contribution in [0.3, 0.4) is 0 Å². The Morgan fingerprint density at radius 3 is 2.14 bits per heavy atom. The van der Waals surface area contributed by atoms with Crippen LogP contribution < -0.4 is 5.59 Å². The van der Waals surface area contributed by atoms with Gasteiger partial charge in [-0.05, 0) is 33.8 Å². The molecule has 0 aliphatic carbocycles. The summed E-state index contributed by atoms with van der Waals surface area (Å²) in [5, 5.41) is 3.80. The fourth-order valence-corrected chi connectivity index (χ4v) is 1.31. The molecule has 2 rings (SSSR count). The van der Waals surface area contributed by atoms with Crippen molar-refractivity contribution in [1.82, 2.24) is 5.16 Å². The van der Waals surface area contributed by atoms with Crippen molar-refractivity contribution in [2.45, 2.75) is 38.9 Å². The third-order valence-electron chi connectivity index (χ3n) is 2.95. The van der Waals surface area contributed by atoms with Gasteiger partial charge in [-0.25, -0.2) is 0 Å². The fraction of sp³-hybridized carbons (Fsp3) is 0.667. The van der Waals surface area contributed by atoms with Crippen LogP contribution in [0, 0.1) is 0 Å². The highest BCUT2D eigenvalue weighted by molar-refractivity contribution is 6.61. The van der Waals surface area contributed by atoms with Gasteiger partial charge >= 0.3 is 7.12 Å². The maximum atomic E-state index is 5.76. The van der Waals surface area contributed by atoms with Crippen molar-refractivity contribution >= 4 is 12.7 Å². The van der Waals surface area contributed by atoms with E-state index in [1.165, 1.54) is 6.26 Å². The topological polar surface area (TPSA) is 44.5 Å². The molecule has 1 fully saturated rings. The molecule has 5 heteroatoms. The van der Waals surface area contributed by atoms with E-state index in [0.29, 0.717) is 5.59 Å². The molecule has 0 N–H and O–H groups in total. The fourth-order valence-electron chi connectivity index (χ4n) is 1.31. The lowest BCUT2D eigenvalue weighted by atomic mass is 9.85. The van der Waals surface area contributed by atoms with Gasteiger partial charge in [-0.3, -0.25) is 0 Å². The van der Waals surface area contributed by atoms with Gasteiger partial charge in [-0.2, -0.15) is 0 Å². The summed E-state index contributed by atoms with van der Waals surface area (Å²) >= 11 is 0. The second-order valence-corrected chi connectivity index (χ2v) is 4.51. The molecule has 0 aromatic carbocycles. The van der Waals surface area contributed by atoms with Crippen molar-refractivity contribution in [3.63, 3.8) is 0 Å². The zero-order valence-electron chi connectivity index (χ0n) is 8.90. The zero-order chi connectivity index (χ0) is 10.4. The maximum Gasteiger partial charge on any atom is 0.518 e. The number of hydrogen-bond donors (Lipinski definition) is 0. The smallest absolute Gasteiger partial charge is 0.398 e. The van der Waals surface area contributed by atoms with E-state index in [2.05, 4.69) is 5.16 Å². The third kappa shape index (κ3) is 1.37. The Morgan fingerprint density at radius 1 is 1.14 bits per heavy atom. The molecule has 0 atom stereocenters. The first kappa shape index (κ1) is 9.74. The maximum absolute atomic E-state index is 5.76.